The van der Waals surface area contributed by atoms with E-state index < -0.39 is 5.41 Å². The SMILES string of the molecule is CC(=O)N1CCc2cc(NC(=O)C3(c4ccc(Cl)cc4)CC3)ccc21. The quantitative estimate of drug-likeness (QED) is 0.908. The van der Waals surface area contributed by atoms with E-state index in [1.54, 1.807) is 11.8 Å². The van der Waals surface area contributed by atoms with Crippen molar-refractivity contribution in [2.24, 2.45) is 0 Å². The van der Waals surface area contributed by atoms with Crippen molar-refractivity contribution in [3.05, 3.63) is 58.6 Å². The zero-order valence-electron chi connectivity index (χ0n) is 14.0. The molecule has 1 aliphatic heterocycles. The first-order valence-electron chi connectivity index (χ1n) is 8.48. The molecule has 0 bridgehead atoms. The van der Waals surface area contributed by atoms with Crippen LogP contribution in [0.1, 0.15) is 30.9 Å². The fraction of sp³-hybridized carbons (Fsp3) is 0.300. The van der Waals surface area contributed by atoms with Crippen molar-refractivity contribution in [3.8, 4) is 0 Å². The van der Waals surface area contributed by atoms with Crippen molar-refractivity contribution < 1.29 is 9.59 Å². The maximum absolute atomic E-state index is 12.8. The Morgan fingerprint density at radius 2 is 1.84 bits per heavy atom. The molecular formula is C20H19ClN2O2. The summed E-state index contributed by atoms with van der Waals surface area (Å²) in [5.41, 5.74) is 3.41. The van der Waals surface area contributed by atoms with Gasteiger partial charge in [0.1, 0.15) is 0 Å². The monoisotopic (exact) mass is 354 g/mol. The normalized spacial score (nSPS) is 17.1. The van der Waals surface area contributed by atoms with E-state index in [0.29, 0.717) is 11.6 Å². The number of halogens is 1. The van der Waals surface area contributed by atoms with Gasteiger partial charge in [-0.2, -0.15) is 0 Å². The van der Waals surface area contributed by atoms with Gasteiger partial charge in [0.05, 0.1) is 5.41 Å². The van der Waals surface area contributed by atoms with Crippen LogP contribution in [0.2, 0.25) is 5.02 Å². The lowest BCUT2D eigenvalue weighted by molar-refractivity contribution is -0.118. The first kappa shape index (κ1) is 16.2. The van der Waals surface area contributed by atoms with Gasteiger partial charge in [-0.15, -0.1) is 0 Å². The predicted molar refractivity (Wildman–Crippen MR) is 99.2 cm³/mol. The molecule has 0 spiro atoms. The van der Waals surface area contributed by atoms with Gasteiger partial charge in [0.2, 0.25) is 11.8 Å². The van der Waals surface area contributed by atoms with Gasteiger partial charge in [0.15, 0.2) is 0 Å². The van der Waals surface area contributed by atoms with Crippen LogP contribution in [-0.4, -0.2) is 18.4 Å². The Balaban J connectivity index is 1.54. The summed E-state index contributed by atoms with van der Waals surface area (Å²) >= 11 is 5.95. The van der Waals surface area contributed by atoms with Gasteiger partial charge < -0.3 is 10.2 Å². The molecule has 0 unspecified atom stereocenters. The topological polar surface area (TPSA) is 49.4 Å². The molecule has 0 saturated heterocycles. The molecule has 1 saturated carbocycles. The molecule has 0 radical (unpaired) electrons. The Morgan fingerprint density at radius 3 is 2.48 bits per heavy atom. The minimum Gasteiger partial charge on any atom is -0.325 e. The number of anilines is 2. The molecule has 0 atom stereocenters. The van der Waals surface area contributed by atoms with Crippen LogP contribution in [0, 0.1) is 0 Å². The van der Waals surface area contributed by atoms with Crippen molar-refractivity contribution in [1.29, 1.82) is 0 Å². The summed E-state index contributed by atoms with van der Waals surface area (Å²) in [5, 5.41) is 3.73. The van der Waals surface area contributed by atoms with Crippen LogP contribution >= 0.6 is 11.6 Å². The summed E-state index contributed by atoms with van der Waals surface area (Å²) in [5.74, 6) is 0.0754. The molecule has 4 nitrogen and oxygen atoms in total. The average molecular weight is 355 g/mol. The maximum Gasteiger partial charge on any atom is 0.235 e. The number of carbonyl (C=O) groups excluding carboxylic acids is 2. The molecule has 2 aromatic carbocycles. The van der Waals surface area contributed by atoms with Gasteiger partial charge in [-0.1, -0.05) is 23.7 Å². The number of nitrogens with zero attached hydrogens (tertiary/aromatic N) is 1. The number of nitrogens with one attached hydrogen (secondary N) is 1. The van der Waals surface area contributed by atoms with Gasteiger partial charge in [-0.05, 0) is 60.7 Å². The Morgan fingerprint density at radius 1 is 1.12 bits per heavy atom. The van der Waals surface area contributed by atoms with Gasteiger partial charge in [0, 0.05) is 29.9 Å². The smallest absolute Gasteiger partial charge is 0.235 e. The Hall–Kier alpha value is -2.33. The van der Waals surface area contributed by atoms with Crippen LogP contribution in [0.3, 0.4) is 0 Å². The number of carbonyl (C=O) groups is 2. The minimum absolute atomic E-state index is 0.0243. The highest BCUT2D eigenvalue weighted by Gasteiger charge is 2.51. The fourth-order valence-electron chi connectivity index (χ4n) is 3.60. The van der Waals surface area contributed by atoms with Crippen LogP contribution in [0.25, 0.3) is 0 Å². The second-order valence-corrected chi connectivity index (χ2v) is 7.24. The molecule has 2 amide bonds. The summed E-state index contributed by atoms with van der Waals surface area (Å²) < 4.78 is 0. The van der Waals surface area contributed by atoms with Gasteiger partial charge in [0.25, 0.3) is 0 Å². The molecule has 2 aromatic rings. The first-order chi connectivity index (χ1) is 12.0. The van der Waals surface area contributed by atoms with Crippen LogP contribution in [-0.2, 0) is 21.4 Å². The van der Waals surface area contributed by atoms with E-state index in [0.717, 1.165) is 41.8 Å². The second-order valence-electron chi connectivity index (χ2n) is 6.81. The lowest BCUT2D eigenvalue weighted by Crippen LogP contribution is -2.28. The Kier molecular flexibility index (Phi) is 3.80. The minimum atomic E-state index is -0.435. The standard InChI is InChI=1S/C20H19ClN2O2/c1-13(24)23-11-8-14-12-17(6-7-18(14)23)22-19(25)20(9-10-20)15-2-4-16(21)5-3-15/h2-7,12H,8-11H2,1H3,(H,22,25). The predicted octanol–water partition coefficient (Wildman–Crippen LogP) is 3.92. The highest BCUT2D eigenvalue weighted by atomic mass is 35.5. The Labute approximate surface area is 151 Å². The summed E-state index contributed by atoms with van der Waals surface area (Å²) in [6, 6.07) is 13.3. The third-order valence-electron chi connectivity index (χ3n) is 5.19. The summed E-state index contributed by atoms with van der Waals surface area (Å²) in [6.45, 7) is 2.28. The van der Waals surface area contributed by atoms with Crippen LogP contribution < -0.4 is 10.2 Å². The lowest BCUT2D eigenvalue weighted by Gasteiger charge is -2.17. The molecule has 128 valence electrons. The molecule has 1 fully saturated rings. The largest absolute Gasteiger partial charge is 0.325 e. The lowest BCUT2D eigenvalue weighted by atomic mass is 9.95. The van der Waals surface area contributed by atoms with E-state index >= 15 is 0 Å². The van der Waals surface area contributed by atoms with Crippen molar-refractivity contribution in [2.45, 2.75) is 31.6 Å². The third kappa shape index (κ3) is 2.81. The van der Waals surface area contributed by atoms with Gasteiger partial charge in [-0.3, -0.25) is 9.59 Å². The fourth-order valence-corrected chi connectivity index (χ4v) is 3.72. The number of benzene rings is 2. The van der Waals surface area contributed by atoms with Crippen molar-refractivity contribution in [3.63, 3.8) is 0 Å². The summed E-state index contributed by atoms with van der Waals surface area (Å²) in [7, 11) is 0. The highest BCUT2D eigenvalue weighted by molar-refractivity contribution is 6.30. The average Bonchev–Trinajstić information content (AvgIpc) is 3.29. The van der Waals surface area contributed by atoms with Crippen LogP contribution in [0.5, 0.6) is 0 Å². The molecule has 0 aromatic heterocycles. The van der Waals surface area contributed by atoms with Gasteiger partial charge in [-0.25, -0.2) is 0 Å². The molecule has 4 rings (SSSR count). The summed E-state index contributed by atoms with van der Waals surface area (Å²) in [4.78, 5) is 26.3. The van der Waals surface area contributed by atoms with E-state index in [-0.39, 0.29) is 11.8 Å². The molecule has 5 heteroatoms. The molecule has 1 aliphatic carbocycles. The van der Waals surface area contributed by atoms with Crippen LogP contribution in [0.4, 0.5) is 11.4 Å². The zero-order chi connectivity index (χ0) is 17.6. The van der Waals surface area contributed by atoms with Gasteiger partial charge >= 0.3 is 0 Å². The van der Waals surface area contributed by atoms with Crippen molar-refractivity contribution in [1.82, 2.24) is 0 Å². The van der Waals surface area contributed by atoms with E-state index in [1.807, 2.05) is 42.5 Å². The highest BCUT2D eigenvalue weighted by Crippen LogP contribution is 2.49. The number of hydrogen-bond donors (Lipinski definition) is 1. The first-order valence-corrected chi connectivity index (χ1v) is 8.86. The maximum atomic E-state index is 12.8. The number of amides is 2. The zero-order valence-corrected chi connectivity index (χ0v) is 14.8. The molecule has 1 heterocycles. The van der Waals surface area contributed by atoms with Crippen LogP contribution in [0.15, 0.2) is 42.5 Å². The van der Waals surface area contributed by atoms with E-state index in [1.165, 1.54) is 0 Å². The van der Waals surface area contributed by atoms with E-state index in [9.17, 15) is 9.59 Å². The third-order valence-corrected chi connectivity index (χ3v) is 5.45. The number of fused-ring (bicyclic) bond motifs is 1. The molecular weight excluding hydrogens is 336 g/mol. The second kappa shape index (κ2) is 5.88. The molecule has 1 N–H and O–H groups in total. The number of rotatable bonds is 3. The number of hydrogen-bond acceptors (Lipinski definition) is 2. The van der Waals surface area contributed by atoms with E-state index in [2.05, 4.69) is 5.32 Å². The Bertz CT molecular complexity index is 856. The van der Waals surface area contributed by atoms with E-state index in [4.69, 9.17) is 11.6 Å². The molecule has 25 heavy (non-hydrogen) atoms. The summed E-state index contributed by atoms with van der Waals surface area (Å²) in [6.07, 6.45) is 2.52. The van der Waals surface area contributed by atoms with Crippen molar-refractivity contribution in [2.75, 3.05) is 16.8 Å². The molecule has 2 aliphatic rings. The van der Waals surface area contributed by atoms with Crippen molar-refractivity contribution >= 4 is 34.8 Å².